The summed E-state index contributed by atoms with van der Waals surface area (Å²) >= 11 is 6.21. The summed E-state index contributed by atoms with van der Waals surface area (Å²) in [6.07, 6.45) is -4.40. The number of halogens is 5. The van der Waals surface area contributed by atoms with Crippen LogP contribution in [0.2, 0.25) is 0 Å². The largest absolute Gasteiger partial charge is 0.418 e. The highest BCUT2D eigenvalue weighted by Gasteiger charge is 2.33. The summed E-state index contributed by atoms with van der Waals surface area (Å²) in [4.78, 5) is 0. The zero-order valence-electron chi connectivity index (χ0n) is 6.83. The second-order valence-electron chi connectivity index (χ2n) is 2.62. The molecule has 0 fully saturated rings. The van der Waals surface area contributed by atoms with E-state index in [1.807, 2.05) is 0 Å². The summed E-state index contributed by atoms with van der Waals surface area (Å²) in [5.74, 6) is 0. The van der Waals surface area contributed by atoms with Crippen LogP contribution in [0.5, 0.6) is 0 Å². The zero-order valence-corrected chi connectivity index (χ0v) is 10.0. The molecule has 0 aromatic heterocycles. The van der Waals surface area contributed by atoms with E-state index in [0.29, 0.717) is 10.0 Å². The maximum Gasteiger partial charge on any atom is 0.418 e. The third-order valence-corrected chi connectivity index (χ3v) is 3.04. The Hall–Kier alpha value is -0.230. The normalized spacial score (nSPS) is 11.8. The van der Waals surface area contributed by atoms with E-state index in [1.54, 1.807) is 0 Å². The first-order valence-corrected chi connectivity index (χ1v) is 5.49. The van der Waals surface area contributed by atoms with Crippen molar-refractivity contribution in [2.24, 2.45) is 0 Å². The minimum Gasteiger partial charge on any atom is -0.398 e. The minimum absolute atomic E-state index is 0.233. The molecule has 0 radical (unpaired) electrons. The van der Waals surface area contributed by atoms with Gasteiger partial charge in [-0.3, -0.25) is 0 Å². The highest BCUT2D eigenvalue weighted by Crippen LogP contribution is 2.38. The maximum atomic E-state index is 12.4. The van der Waals surface area contributed by atoms with Crippen molar-refractivity contribution in [2.45, 2.75) is 11.5 Å². The van der Waals surface area contributed by atoms with Crippen LogP contribution in [0.3, 0.4) is 0 Å². The molecule has 0 saturated heterocycles. The lowest BCUT2D eigenvalue weighted by Crippen LogP contribution is -2.10. The lowest BCUT2D eigenvalue weighted by atomic mass is 10.1. The summed E-state index contributed by atoms with van der Waals surface area (Å²) < 4.78 is 37.7. The van der Waals surface area contributed by atoms with Crippen LogP contribution >= 0.6 is 31.9 Å². The molecule has 0 aliphatic carbocycles. The standard InChI is InChI=1S/C8H6Br2F3N/c9-3-4-6(10)2-1-5(7(4)14)8(11,12)13/h1-2H,3,14H2. The average Bonchev–Trinajstić information content (AvgIpc) is 2.02. The van der Waals surface area contributed by atoms with Crippen molar-refractivity contribution in [3.63, 3.8) is 0 Å². The van der Waals surface area contributed by atoms with E-state index >= 15 is 0 Å². The van der Waals surface area contributed by atoms with Crippen LogP contribution in [0.15, 0.2) is 16.6 Å². The molecular weight excluding hydrogens is 327 g/mol. The lowest BCUT2D eigenvalue weighted by Gasteiger charge is -2.13. The Kier molecular flexibility index (Phi) is 3.47. The SMILES string of the molecule is Nc1c(C(F)(F)F)ccc(Br)c1CBr. The number of nitrogens with two attached hydrogens (primary N) is 1. The number of benzene rings is 1. The van der Waals surface area contributed by atoms with Crippen molar-refractivity contribution in [1.82, 2.24) is 0 Å². The molecule has 0 saturated carbocycles. The third-order valence-electron chi connectivity index (χ3n) is 1.74. The third kappa shape index (κ3) is 2.23. The van der Waals surface area contributed by atoms with Gasteiger partial charge in [-0.15, -0.1) is 0 Å². The van der Waals surface area contributed by atoms with Gasteiger partial charge in [0.25, 0.3) is 0 Å². The van der Waals surface area contributed by atoms with Crippen LogP contribution in [0, 0.1) is 0 Å². The second kappa shape index (κ2) is 4.10. The van der Waals surface area contributed by atoms with Gasteiger partial charge in [0.2, 0.25) is 0 Å². The molecule has 2 N–H and O–H groups in total. The van der Waals surface area contributed by atoms with Crippen molar-refractivity contribution >= 4 is 37.5 Å². The van der Waals surface area contributed by atoms with Gasteiger partial charge < -0.3 is 5.73 Å². The molecule has 0 bridgehead atoms. The van der Waals surface area contributed by atoms with Crippen LogP contribution in [0.4, 0.5) is 18.9 Å². The van der Waals surface area contributed by atoms with Gasteiger partial charge in [-0.2, -0.15) is 13.2 Å². The van der Waals surface area contributed by atoms with E-state index in [0.717, 1.165) is 6.07 Å². The number of alkyl halides is 4. The molecule has 0 unspecified atom stereocenters. The van der Waals surface area contributed by atoms with Gasteiger partial charge in [-0.05, 0) is 12.1 Å². The van der Waals surface area contributed by atoms with Gasteiger partial charge in [0.15, 0.2) is 0 Å². The first-order valence-electron chi connectivity index (χ1n) is 3.58. The van der Waals surface area contributed by atoms with Crippen LogP contribution in [-0.4, -0.2) is 0 Å². The van der Waals surface area contributed by atoms with Crippen LogP contribution < -0.4 is 5.73 Å². The van der Waals surface area contributed by atoms with Crippen molar-refractivity contribution in [1.29, 1.82) is 0 Å². The van der Waals surface area contributed by atoms with Crippen molar-refractivity contribution in [3.8, 4) is 0 Å². The summed E-state index contributed by atoms with van der Waals surface area (Å²) in [5.41, 5.74) is 4.79. The van der Waals surface area contributed by atoms with E-state index in [4.69, 9.17) is 5.73 Å². The van der Waals surface area contributed by atoms with E-state index in [1.165, 1.54) is 6.07 Å². The maximum absolute atomic E-state index is 12.4. The fraction of sp³-hybridized carbons (Fsp3) is 0.250. The van der Waals surface area contributed by atoms with E-state index in [9.17, 15) is 13.2 Å². The number of hydrogen-bond donors (Lipinski definition) is 1. The Labute approximate surface area is 95.7 Å². The Morgan fingerprint density at radius 1 is 1.29 bits per heavy atom. The van der Waals surface area contributed by atoms with Gasteiger partial charge in [0, 0.05) is 21.1 Å². The van der Waals surface area contributed by atoms with Crippen molar-refractivity contribution < 1.29 is 13.2 Å². The van der Waals surface area contributed by atoms with Crippen molar-refractivity contribution in [3.05, 3.63) is 27.7 Å². The monoisotopic (exact) mass is 331 g/mol. The van der Waals surface area contributed by atoms with Crippen molar-refractivity contribution in [2.75, 3.05) is 5.73 Å². The molecule has 0 heterocycles. The molecule has 1 aromatic rings. The quantitative estimate of drug-likeness (QED) is 0.611. The number of rotatable bonds is 1. The predicted octanol–water partition coefficient (Wildman–Crippen LogP) is 3.95. The Morgan fingerprint density at radius 3 is 2.29 bits per heavy atom. The van der Waals surface area contributed by atoms with Crippen LogP contribution in [0.25, 0.3) is 0 Å². The molecule has 78 valence electrons. The highest BCUT2D eigenvalue weighted by molar-refractivity contribution is 9.10. The number of anilines is 1. The molecule has 0 spiro atoms. The molecule has 1 nitrogen and oxygen atoms in total. The van der Waals surface area contributed by atoms with Gasteiger partial charge in [0.1, 0.15) is 0 Å². The molecule has 1 rings (SSSR count). The molecule has 0 amide bonds. The molecule has 0 aliphatic heterocycles. The van der Waals surface area contributed by atoms with Gasteiger partial charge >= 0.3 is 6.18 Å². The number of nitrogen functional groups attached to an aromatic ring is 1. The highest BCUT2D eigenvalue weighted by atomic mass is 79.9. The zero-order chi connectivity index (χ0) is 10.9. The Balaban J connectivity index is 3.36. The molecule has 0 aliphatic rings. The van der Waals surface area contributed by atoms with E-state index in [-0.39, 0.29) is 11.0 Å². The first-order chi connectivity index (χ1) is 6.38. The van der Waals surface area contributed by atoms with E-state index < -0.39 is 11.7 Å². The average molecular weight is 333 g/mol. The fourth-order valence-corrected chi connectivity index (χ4v) is 2.49. The Morgan fingerprint density at radius 2 is 1.86 bits per heavy atom. The van der Waals surface area contributed by atoms with Gasteiger partial charge in [0.05, 0.1) is 5.56 Å². The van der Waals surface area contributed by atoms with Crippen LogP contribution in [-0.2, 0) is 11.5 Å². The summed E-state index contributed by atoms with van der Waals surface area (Å²) in [6.45, 7) is 0. The van der Waals surface area contributed by atoms with Crippen LogP contribution in [0.1, 0.15) is 11.1 Å². The molecular formula is C8H6Br2F3N. The summed E-state index contributed by atoms with van der Waals surface area (Å²) in [6, 6.07) is 2.31. The summed E-state index contributed by atoms with van der Waals surface area (Å²) in [5, 5.41) is 0.281. The second-order valence-corrected chi connectivity index (χ2v) is 4.03. The Bertz CT molecular complexity index is 349. The molecule has 1 aromatic carbocycles. The molecule has 6 heteroatoms. The summed E-state index contributed by atoms with van der Waals surface area (Å²) in [7, 11) is 0. The molecule has 0 atom stereocenters. The van der Waals surface area contributed by atoms with Gasteiger partial charge in [-0.25, -0.2) is 0 Å². The molecule has 14 heavy (non-hydrogen) atoms. The first kappa shape index (κ1) is 11.8. The smallest absolute Gasteiger partial charge is 0.398 e. The van der Waals surface area contributed by atoms with E-state index in [2.05, 4.69) is 31.9 Å². The topological polar surface area (TPSA) is 26.0 Å². The minimum atomic E-state index is -4.40. The fourth-order valence-electron chi connectivity index (χ4n) is 1.02. The predicted molar refractivity (Wildman–Crippen MR) is 56.2 cm³/mol. The lowest BCUT2D eigenvalue weighted by molar-refractivity contribution is -0.136. The van der Waals surface area contributed by atoms with Gasteiger partial charge in [-0.1, -0.05) is 31.9 Å². The number of hydrogen-bond acceptors (Lipinski definition) is 1.